The molecule has 0 heterocycles. The van der Waals surface area contributed by atoms with E-state index >= 15 is 0 Å². The SMILES string of the molecule is C=CCC#Cc1ccc(CC)cc1. The zero-order valence-electron chi connectivity index (χ0n) is 8.01. The highest BCUT2D eigenvalue weighted by atomic mass is 13.9. The Hall–Kier alpha value is -1.48. The molecule has 0 fully saturated rings. The summed E-state index contributed by atoms with van der Waals surface area (Å²) in [6.45, 7) is 5.77. The Kier molecular flexibility index (Phi) is 3.85. The van der Waals surface area contributed by atoms with Gasteiger partial charge in [-0.2, -0.15) is 0 Å². The highest BCUT2D eigenvalue weighted by Gasteiger charge is 1.87. The van der Waals surface area contributed by atoms with Gasteiger partial charge >= 0.3 is 0 Å². The lowest BCUT2D eigenvalue weighted by Gasteiger charge is -1.94. The number of aryl methyl sites for hydroxylation is 1. The number of allylic oxidation sites excluding steroid dienone is 1. The van der Waals surface area contributed by atoms with Crippen LogP contribution in [0.5, 0.6) is 0 Å². The van der Waals surface area contributed by atoms with Gasteiger partial charge in [0.25, 0.3) is 0 Å². The smallest absolute Gasteiger partial charge is 0.0270 e. The molecular formula is C13H14. The number of hydrogen-bond donors (Lipinski definition) is 0. The Labute approximate surface area is 80.3 Å². The quantitative estimate of drug-likeness (QED) is 0.472. The summed E-state index contributed by atoms with van der Waals surface area (Å²) in [7, 11) is 0. The van der Waals surface area contributed by atoms with Crippen LogP contribution in [0.2, 0.25) is 0 Å². The summed E-state index contributed by atoms with van der Waals surface area (Å²) in [5, 5.41) is 0. The minimum Gasteiger partial charge on any atom is -0.102 e. The maximum absolute atomic E-state index is 3.62. The van der Waals surface area contributed by atoms with E-state index in [1.54, 1.807) is 0 Å². The Morgan fingerprint density at radius 1 is 1.31 bits per heavy atom. The molecule has 1 aromatic carbocycles. The Bertz CT molecular complexity index is 319. The van der Waals surface area contributed by atoms with Crippen molar-refractivity contribution in [2.45, 2.75) is 19.8 Å². The topological polar surface area (TPSA) is 0 Å². The molecule has 0 bridgehead atoms. The summed E-state index contributed by atoms with van der Waals surface area (Å²) in [5.74, 6) is 6.10. The lowest BCUT2D eigenvalue weighted by atomic mass is 10.1. The van der Waals surface area contributed by atoms with Crippen molar-refractivity contribution in [1.29, 1.82) is 0 Å². The van der Waals surface area contributed by atoms with Gasteiger partial charge in [0.1, 0.15) is 0 Å². The Balaban J connectivity index is 2.70. The van der Waals surface area contributed by atoms with Gasteiger partial charge in [0.2, 0.25) is 0 Å². The summed E-state index contributed by atoms with van der Waals surface area (Å²) in [5.41, 5.74) is 2.44. The standard InChI is InChI=1S/C13H14/c1-3-5-6-7-13-10-8-12(4-2)9-11-13/h3,8-11H,1,4-5H2,2H3. The minimum atomic E-state index is 0.759. The molecule has 0 radical (unpaired) electrons. The van der Waals surface area contributed by atoms with E-state index in [4.69, 9.17) is 0 Å². The van der Waals surface area contributed by atoms with E-state index in [9.17, 15) is 0 Å². The molecule has 1 rings (SSSR count). The van der Waals surface area contributed by atoms with Crippen molar-refractivity contribution in [3.8, 4) is 11.8 Å². The normalized spacial score (nSPS) is 8.69. The lowest BCUT2D eigenvalue weighted by Crippen LogP contribution is -1.79. The first-order valence-corrected chi connectivity index (χ1v) is 4.55. The van der Waals surface area contributed by atoms with Crippen molar-refractivity contribution in [3.63, 3.8) is 0 Å². The highest BCUT2D eigenvalue weighted by Crippen LogP contribution is 2.03. The average molecular weight is 170 g/mol. The van der Waals surface area contributed by atoms with Gasteiger partial charge in [0, 0.05) is 12.0 Å². The molecule has 0 N–H and O–H groups in total. The molecule has 0 aliphatic heterocycles. The van der Waals surface area contributed by atoms with E-state index in [1.165, 1.54) is 5.56 Å². The van der Waals surface area contributed by atoms with E-state index in [2.05, 4.69) is 49.6 Å². The van der Waals surface area contributed by atoms with Gasteiger partial charge in [-0.25, -0.2) is 0 Å². The molecule has 0 unspecified atom stereocenters. The first kappa shape index (κ1) is 9.61. The zero-order chi connectivity index (χ0) is 9.52. The molecule has 0 spiro atoms. The summed E-state index contributed by atoms with van der Waals surface area (Å²) in [4.78, 5) is 0. The highest BCUT2D eigenvalue weighted by molar-refractivity contribution is 5.36. The molecule has 0 heteroatoms. The van der Waals surface area contributed by atoms with Gasteiger partial charge < -0.3 is 0 Å². The van der Waals surface area contributed by atoms with Crippen molar-refractivity contribution >= 4 is 0 Å². The molecule has 13 heavy (non-hydrogen) atoms. The minimum absolute atomic E-state index is 0.759. The Morgan fingerprint density at radius 2 is 2.00 bits per heavy atom. The van der Waals surface area contributed by atoms with E-state index in [1.807, 2.05) is 6.08 Å². The van der Waals surface area contributed by atoms with Gasteiger partial charge in [-0.05, 0) is 24.1 Å². The molecule has 0 saturated heterocycles. The van der Waals surface area contributed by atoms with Crippen LogP contribution in [0.1, 0.15) is 24.5 Å². The van der Waals surface area contributed by atoms with Crippen LogP contribution in [-0.4, -0.2) is 0 Å². The van der Waals surface area contributed by atoms with Gasteiger partial charge in [-0.15, -0.1) is 6.58 Å². The number of benzene rings is 1. The summed E-state index contributed by atoms with van der Waals surface area (Å²) < 4.78 is 0. The predicted octanol–water partition coefficient (Wildman–Crippen LogP) is 3.18. The first-order chi connectivity index (χ1) is 6.36. The first-order valence-electron chi connectivity index (χ1n) is 4.55. The van der Waals surface area contributed by atoms with E-state index in [0.717, 1.165) is 18.4 Å². The van der Waals surface area contributed by atoms with E-state index in [0.29, 0.717) is 0 Å². The van der Waals surface area contributed by atoms with Crippen LogP contribution in [0, 0.1) is 11.8 Å². The maximum atomic E-state index is 3.62. The van der Waals surface area contributed by atoms with Crippen molar-refractivity contribution in [2.24, 2.45) is 0 Å². The average Bonchev–Trinajstić information content (AvgIpc) is 2.19. The van der Waals surface area contributed by atoms with Crippen LogP contribution in [0.4, 0.5) is 0 Å². The summed E-state index contributed by atoms with van der Waals surface area (Å²) in [6, 6.07) is 8.37. The monoisotopic (exact) mass is 170 g/mol. The number of hydrogen-bond acceptors (Lipinski definition) is 0. The van der Waals surface area contributed by atoms with Crippen molar-refractivity contribution in [3.05, 3.63) is 48.0 Å². The van der Waals surface area contributed by atoms with Crippen LogP contribution in [0.3, 0.4) is 0 Å². The zero-order valence-corrected chi connectivity index (χ0v) is 8.01. The molecule has 66 valence electrons. The van der Waals surface area contributed by atoms with Crippen LogP contribution in [0.25, 0.3) is 0 Å². The van der Waals surface area contributed by atoms with Crippen LogP contribution in [0.15, 0.2) is 36.9 Å². The molecule has 0 aliphatic carbocycles. The third-order valence-electron chi connectivity index (χ3n) is 1.84. The fourth-order valence-electron chi connectivity index (χ4n) is 1.05. The fourth-order valence-corrected chi connectivity index (χ4v) is 1.05. The largest absolute Gasteiger partial charge is 0.102 e. The van der Waals surface area contributed by atoms with Crippen LogP contribution >= 0.6 is 0 Å². The maximum Gasteiger partial charge on any atom is 0.0270 e. The second-order valence-corrected chi connectivity index (χ2v) is 2.85. The summed E-state index contributed by atoms with van der Waals surface area (Å²) in [6.07, 6.45) is 3.66. The molecule has 0 nitrogen and oxygen atoms in total. The van der Waals surface area contributed by atoms with Crippen LogP contribution in [-0.2, 0) is 6.42 Å². The van der Waals surface area contributed by atoms with Crippen molar-refractivity contribution in [1.82, 2.24) is 0 Å². The second kappa shape index (κ2) is 5.22. The van der Waals surface area contributed by atoms with Gasteiger partial charge in [-0.3, -0.25) is 0 Å². The molecule has 1 aromatic rings. The molecule has 0 aromatic heterocycles. The molecular weight excluding hydrogens is 156 g/mol. The van der Waals surface area contributed by atoms with Crippen molar-refractivity contribution in [2.75, 3.05) is 0 Å². The van der Waals surface area contributed by atoms with Gasteiger partial charge in [-0.1, -0.05) is 37.0 Å². The van der Waals surface area contributed by atoms with E-state index < -0.39 is 0 Å². The predicted molar refractivity (Wildman–Crippen MR) is 57.5 cm³/mol. The molecule has 0 atom stereocenters. The third-order valence-corrected chi connectivity index (χ3v) is 1.84. The lowest BCUT2D eigenvalue weighted by molar-refractivity contribution is 1.14. The third kappa shape index (κ3) is 3.17. The molecule has 0 aliphatic rings. The fraction of sp³-hybridized carbons (Fsp3) is 0.231. The summed E-state index contributed by atoms with van der Waals surface area (Å²) >= 11 is 0. The van der Waals surface area contributed by atoms with Crippen LogP contribution < -0.4 is 0 Å². The van der Waals surface area contributed by atoms with E-state index in [-0.39, 0.29) is 0 Å². The van der Waals surface area contributed by atoms with Gasteiger partial charge in [0.05, 0.1) is 0 Å². The Morgan fingerprint density at radius 3 is 2.54 bits per heavy atom. The molecule has 0 saturated carbocycles. The molecule has 0 amide bonds. The second-order valence-electron chi connectivity index (χ2n) is 2.85. The van der Waals surface area contributed by atoms with Crippen molar-refractivity contribution < 1.29 is 0 Å². The van der Waals surface area contributed by atoms with Gasteiger partial charge in [0.15, 0.2) is 0 Å². The number of rotatable bonds is 2.